The standard InChI is InChI=1S/C22H30N6O2/c1-24-22(26-12-15-30-19-7-3-2-4-8-19)27-16-18-6-5-11-25-21(18)28-13-9-17(10-14-28)20(23)29/h2-8,11,17H,9-10,12-16H2,1H3,(H2,23,29)(H2,24,26,27). The number of hydrogen-bond acceptors (Lipinski definition) is 5. The molecule has 8 heteroatoms. The van der Waals surface area contributed by atoms with Crippen molar-refractivity contribution in [3.63, 3.8) is 0 Å². The Morgan fingerprint density at radius 1 is 1.20 bits per heavy atom. The molecule has 1 aliphatic rings. The van der Waals surface area contributed by atoms with Gasteiger partial charge in [0.15, 0.2) is 5.96 Å². The number of anilines is 1. The quantitative estimate of drug-likeness (QED) is 0.346. The van der Waals surface area contributed by atoms with Crippen molar-refractivity contribution in [2.24, 2.45) is 16.6 Å². The number of carbonyl (C=O) groups excluding carboxylic acids is 1. The Morgan fingerprint density at radius 2 is 1.97 bits per heavy atom. The van der Waals surface area contributed by atoms with Gasteiger partial charge in [0.25, 0.3) is 0 Å². The number of piperidine rings is 1. The van der Waals surface area contributed by atoms with E-state index in [0.717, 1.165) is 43.1 Å². The zero-order chi connectivity index (χ0) is 21.2. The van der Waals surface area contributed by atoms with Crippen molar-refractivity contribution in [3.05, 3.63) is 54.2 Å². The summed E-state index contributed by atoms with van der Waals surface area (Å²) in [5.41, 5.74) is 6.53. The number of primary amides is 1. The highest BCUT2D eigenvalue weighted by Crippen LogP contribution is 2.24. The van der Waals surface area contributed by atoms with Crippen molar-refractivity contribution < 1.29 is 9.53 Å². The van der Waals surface area contributed by atoms with Crippen LogP contribution in [-0.2, 0) is 11.3 Å². The van der Waals surface area contributed by atoms with E-state index in [-0.39, 0.29) is 11.8 Å². The van der Waals surface area contributed by atoms with Crippen molar-refractivity contribution in [2.75, 3.05) is 38.2 Å². The van der Waals surface area contributed by atoms with Gasteiger partial charge in [0.1, 0.15) is 18.2 Å². The van der Waals surface area contributed by atoms with Crippen LogP contribution in [0.25, 0.3) is 0 Å². The molecule has 0 unspecified atom stereocenters. The van der Waals surface area contributed by atoms with Crippen LogP contribution in [0.3, 0.4) is 0 Å². The molecule has 8 nitrogen and oxygen atoms in total. The van der Waals surface area contributed by atoms with Gasteiger partial charge < -0.3 is 26.0 Å². The summed E-state index contributed by atoms with van der Waals surface area (Å²) >= 11 is 0. The molecule has 0 spiro atoms. The van der Waals surface area contributed by atoms with Crippen molar-refractivity contribution in [1.29, 1.82) is 0 Å². The van der Waals surface area contributed by atoms with E-state index >= 15 is 0 Å². The summed E-state index contributed by atoms with van der Waals surface area (Å²) in [6.45, 7) is 3.33. The minimum Gasteiger partial charge on any atom is -0.492 e. The maximum Gasteiger partial charge on any atom is 0.220 e. The Balaban J connectivity index is 1.48. The number of nitrogens with zero attached hydrogens (tertiary/aromatic N) is 3. The van der Waals surface area contributed by atoms with Gasteiger partial charge in [-0.1, -0.05) is 24.3 Å². The van der Waals surface area contributed by atoms with Crippen LogP contribution in [0, 0.1) is 5.92 Å². The second-order valence-corrected chi connectivity index (χ2v) is 7.16. The first-order valence-electron chi connectivity index (χ1n) is 10.3. The Kier molecular flexibility index (Phi) is 7.88. The molecular weight excluding hydrogens is 380 g/mol. The lowest BCUT2D eigenvalue weighted by Gasteiger charge is -2.32. The molecule has 0 bridgehead atoms. The van der Waals surface area contributed by atoms with E-state index in [1.54, 1.807) is 13.2 Å². The van der Waals surface area contributed by atoms with Crippen LogP contribution in [-0.4, -0.2) is 50.1 Å². The highest BCUT2D eigenvalue weighted by atomic mass is 16.5. The molecule has 1 aromatic heterocycles. The Hall–Kier alpha value is -3.29. The molecule has 1 fully saturated rings. The number of para-hydroxylation sites is 1. The molecule has 0 saturated carbocycles. The molecule has 1 aromatic carbocycles. The third-order valence-electron chi connectivity index (χ3n) is 5.14. The number of nitrogens with two attached hydrogens (primary N) is 1. The Labute approximate surface area is 177 Å². The third-order valence-corrected chi connectivity index (χ3v) is 5.14. The lowest BCUT2D eigenvalue weighted by molar-refractivity contribution is -0.122. The summed E-state index contributed by atoms with van der Waals surface area (Å²) in [5, 5.41) is 6.59. The predicted octanol–water partition coefficient (Wildman–Crippen LogP) is 1.53. The van der Waals surface area contributed by atoms with Gasteiger partial charge in [-0.25, -0.2) is 4.98 Å². The van der Waals surface area contributed by atoms with Crippen molar-refractivity contribution in [2.45, 2.75) is 19.4 Å². The second-order valence-electron chi connectivity index (χ2n) is 7.16. The largest absolute Gasteiger partial charge is 0.492 e. The van der Waals surface area contributed by atoms with Gasteiger partial charge in [-0.05, 0) is 31.0 Å². The van der Waals surface area contributed by atoms with E-state index in [9.17, 15) is 4.79 Å². The van der Waals surface area contributed by atoms with Crippen LogP contribution in [0.5, 0.6) is 5.75 Å². The molecule has 1 saturated heterocycles. The van der Waals surface area contributed by atoms with Crippen molar-refractivity contribution in [1.82, 2.24) is 15.6 Å². The number of hydrogen-bond donors (Lipinski definition) is 3. The fraction of sp³-hybridized carbons (Fsp3) is 0.409. The average Bonchev–Trinajstić information content (AvgIpc) is 2.79. The van der Waals surface area contributed by atoms with E-state index in [4.69, 9.17) is 10.5 Å². The summed E-state index contributed by atoms with van der Waals surface area (Å²) in [4.78, 5) is 22.5. The van der Waals surface area contributed by atoms with E-state index in [0.29, 0.717) is 25.7 Å². The lowest BCUT2D eigenvalue weighted by Crippen LogP contribution is -2.41. The van der Waals surface area contributed by atoms with Crippen molar-refractivity contribution in [3.8, 4) is 5.75 Å². The molecule has 1 amide bonds. The van der Waals surface area contributed by atoms with Gasteiger partial charge in [0, 0.05) is 44.4 Å². The number of nitrogens with one attached hydrogen (secondary N) is 2. The molecular formula is C22H30N6O2. The minimum atomic E-state index is -0.205. The first-order valence-corrected chi connectivity index (χ1v) is 10.3. The van der Waals surface area contributed by atoms with Crippen LogP contribution >= 0.6 is 0 Å². The highest BCUT2D eigenvalue weighted by Gasteiger charge is 2.24. The number of amides is 1. The molecule has 2 heterocycles. The van der Waals surface area contributed by atoms with Gasteiger partial charge in [0.2, 0.25) is 5.91 Å². The summed E-state index contributed by atoms with van der Waals surface area (Å²) in [6.07, 6.45) is 3.33. The van der Waals surface area contributed by atoms with E-state index < -0.39 is 0 Å². The van der Waals surface area contributed by atoms with Crippen LogP contribution in [0.4, 0.5) is 5.82 Å². The molecule has 0 radical (unpaired) electrons. The monoisotopic (exact) mass is 410 g/mol. The molecule has 1 aliphatic heterocycles. The SMILES string of the molecule is CN=C(NCCOc1ccccc1)NCc1cccnc1N1CCC(C(N)=O)CC1. The number of pyridine rings is 1. The molecule has 4 N–H and O–H groups in total. The van der Waals surface area contributed by atoms with Gasteiger partial charge in [-0.3, -0.25) is 9.79 Å². The zero-order valence-corrected chi connectivity index (χ0v) is 17.4. The third kappa shape index (κ3) is 6.10. The van der Waals surface area contributed by atoms with Crippen LogP contribution < -0.4 is 26.0 Å². The van der Waals surface area contributed by atoms with Gasteiger partial charge >= 0.3 is 0 Å². The number of carbonyl (C=O) groups is 1. The van der Waals surface area contributed by atoms with Crippen molar-refractivity contribution >= 4 is 17.7 Å². The molecule has 3 rings (SSSR count). The van der Waals surface area contributed by atoms with Crippen LogP contribution in [0.2, 0.25) is 0 Å². The number of ether oxygens (including phenoxy) is 1. The first-order chi connectivity index (χ1) is 14.7. The van der Waals surface area contributed by atoms with E-state index in [1.807, 2.05) is 36.4 Å². The van der Waals surface area contributed by atoms with Crippen LogP contribution in [0.15, 0.2) is 53.7 Å². The Bertz CT molecular complexity index is 835. The number of benzene rings is 1. The number of guanidine groups is 1. The van der Waals surface area contributed by atoms with E-state index in [1.165, 1.54) is 0 Å². The van der Waals surface area contributed by atoms with Crippen LogP contribution in [0.1, 0.15) is 18.4 Å². The van der Waals surface area contributed by atoms with Gasteiger partial charge in [-0.2, -0.15) is 0 Å². The molecule has 0 atom stereocenters. The molecule has 2 aromatic rings. The summed E-state index contributed by atoms with van der Waals surface area (Å²) in [5.74, 6) is 2.25. The highest BCUT2D eigenvalue weighted by molar-refractivity contribution is 5.79. The summed E-state index contributed by atoms with van der Waals surface area (Å²) < 4.78 is 5.69. The molecule has 30 heavy (non-hydrogen) atoms. The normalized spacial score (nSPS) is 15.0. The van der Waals surface area contributed by atoms with Gasteiger partial charge in [-0.15, -0.1) is 0 Å². The fourth-order valence-corrected chi connectivity index (χ4v) is 3.48. The number of aromatic nitrogens is 1. The minimum absolute atomic E-state index is 0.0346. The predicted molar refractivity (Wildman–Crippen MR) is 119 cm³/mol. The summed E-state index contributed by atoms with van der Waals surface area (Å²) in [6, 6.07) is 13.7. The smallest absolute Gasteiger partial charge is 0.220 e. The Morgan fingerprint density at radius 3 is 2.67 bits per heavy atom. The number of aliphatic imine (C=N–C) groups is 1. The summed E-state index contributed by atoms with van der Waals surface area (Å²) in [7, 11) is 1.74. The zero-order valence-electron chi connectivity index (χ0n) is 17.4. The fourth-order valence-electron chi connectivity index (χ4n) is 3.48. The first kappa shape index (κ1) is 21.4. The van der Waals surface area contributed by atoms with Gasteiger partial charge in [0.05, 0.1) is 6.54 Å². The topological polar surface area (TPSA) is 105 Å². The molecule has 0 aliphatic carbocycles. The average molecular weight is 411 g/mol. The second kappa shape index (κ2) is 11.0. The maximum absolute atomic E-state index is 11.4. The molecule has 160 valence electrons. The van der Waals surface area contributed by atoms with E-state index in [2.05, 4.69) is 31.6 Å². The maximum atomic E-state index is 11.4. The number of rotatable bonds is 8. The lowest BCUT2D eigenvalue weighted by atomic mass is 9.96.